The Labute approximate surface area is 131 Å². The Morgan fingerprint density at radius 1 is 1.43 bits per heavy atom. The molecule has 2 nitrogen and oxygen atoms in total. The topological polar surface area (TPSA) is 15.3 Å². The van der Waals surface area contributed by atoms with Crippen LogP contribution in [0.4, 0.5) is 4.39 Å². The number of nitrogens with one attached hydrogen (secondary N) is 1. The number of rotatable bonds is 4. The summed E-state index contributed by atoms with van der Waals surface area (Å²) in [4.78, 5) is 2.52. The van der Waals surface area contributed by atoms with Gasteiger partial charge in [0.15, 0.2) is 0 Å². The lowest BCUT2D eigenvalue weighted by Crippen LogP contribution is -2.63. The third kappa shape index (κ3) is 3.25. The summed E-state index contributed by atoms with van der Waals surface area (Å²) in [5.41, 5.74) is 1.15. The minimum Gasteiger partial charge on any atom is -0.311 e. The molecule has 1 N–H and O–H groups in total. The maximum atomic E-state index is 13.7. The first-order chi connectivity index (χ1) is 10.0. The van der Waals surface area contributed by atoms with Crippen molar-refractivity contribution in [2.45, 2.75) is 51.2 Å². The Bertz CT molecular complexity index is 518. The van der Waals surface area contributed by atoms with Gasteiger partial charge in [-0.15, -0.1) is 0 Å². The zero-order chi connectivity index (χ0) is 15.0. The van der Waals surface area contributed by atoms with E-state index in [0.717, 1.165) is 37.5 Å². The molecule has 2 fully saturated rings. The van der Waals surface area contributed by atoms with E-state index in [-0.39, 0.29) is 16.4 Å². The molecule has 3 rings (SSSR count). The average molecular weight is 311 g/mol. The van der Waals surface area contributed by atoms with E-state index in [0.29, 0.717) is 6.04 Å². The summed E-state index contributed by atoms with van der Waals surface area (Å²) in [7, 11) is 0. The number of hydrogen-bond acceptors (Lipinski definition) is 2. The SMILES string of the molecule is CCC1(C)CNC(C2CC2)CN1Cc1ccc(Cl)c(F)c1. The average Bonchev–Trinajstić information content (AvgIpc) is 3.30. The number of halogens is 2. The first-order valence-corrected chi connectivity index (χ1v) is 8.32. The van der Waals surface area contributed by atoms with E-state index < -0.39 is 0 Å². The van der Waals surface area contributed by atoms with Gasteiger partial charge in [0.25, 0.3) is 0 Å². The van der Waals surface area contributed by atoms with Crippen LogP contribution in [-0.2, 0) is 6.54 Å². The fourth-order valence-electron chi connectivity index (χ4n) is 3.26. The zero-order valence-electron chi connectivity index (χ0n) is 12.8. The molecule has 116 valence electrons. The molecule has 1 saturated carbocycles. The molecule has 1 heterocycles. The smallest absolute Gasteiger partial charge is 0.142 e. The lowest BCUT2D eigenvalue weighted by molar-refractivity contribution is 0.0368. The molecule has 1 aromatic rings. The van der Waals surface area contributed by atoms with Crippen LogP contribution in [0.5, 0.6) is 0 Å². The quantitative estimate of drug-likeness (QED) is 0.909. The van der Waals surface area contributed by atoms with Gasteiger partial charge in [0.1, 0.15) is 5.82 Å². The van der Waals surface area contributed by atoms with Crippen molar-refractivity contribution in [1.82, 2.24) is 10.2 Å². The fourth-order valence-corrected chi connectivity index (χ4v) is 3.38. The van der Waals surface area contributed by atoms with Crippen molar-refractivity contribution >= 4 is 11.6 Å². The molecule has 4 heteroatoms. The van der Waals surface area contributed by atoms with E-state index in [1.54, 1.807) is 12.1 Å². The second kappa shape index (κ2) is 5.86. The van der Waals surface area contributed by atoms with E-state index in [1.165, 1.54) is 12.8 Å². The highest BCUT2D eigenvalue weighted by Crippen LogP contribution is 2.36. The van der Waals surface area contributed by atoms with Crippen molar-refractivity contribution in [3.05, 3.63) is 34.6 Å². The largest absolute Gasteiger partial charge is 0.311 e. The van der Waals surface area contributed by atoms with E-state index in [1.807, 2.05) is 6.07 Å². The third-order valence-electron chi connectivity index (χ3n) is 5.24. The monoisotopic (exact) mass is 310 g/mol. The summed E-state index contributed by atoms with van der Waals surface area (Å²) in [6.07, 6.45) is 3.79. The van der Waals surface area contributed by atoms with Crippen molar-refractivity contribution in [3.8, 4) is 0 Å². The maximum absolute atomic E-state index is 13.7. The molecule has 1 saturated heterocycles. The first-order valence-electron chi connectivity index (χ1n) is 7.94. The summed E-state index contributed by atoms with van der Waals surface area (Å²) < 4.78 is 13.7. The highest BCUT2D eigenvalue weighted by molar-refractivity contribution is 6.30. The Morgan fingerprint density at radius 3 is 2.81 bits per heavy atom. The summed E-state index contributed by atoms with van der Waals surface area (Å²) in [5.74, 6) is 0.525. The van der Waals surface area contributed by atoms with Gasteiger partial charge >= 0.3 is 0 Å². The van der Waals surface area contributed by atoms with Crippen molar-refractivity contribution < 1.29 is 4.39 Å². The molecule has 2 unspecified atom stereocenters. The first kappa shape index (κ1) is 15.3. The molecule has 0 spiro atoms. The molecular formula is C17H24ClFN2. The van der Waals surface area contributed by atoms with Crippen LogP contribution in [0.3, 0.4) is 0 Å². The standard InChI is InChI=1S/C17H24ClFN2/c1-3-17(2)11-20-16(13-5-6-13)10-21(17)9-12-4-7-14(18)15(19)8-12/h4,7-8,13,16,20H,3,5-6,9-11H2,1-2H3. The predicted molar refractivity (Wildman–Crippen MR) is 85.0 cm³/mol. The molecule has 0 bridgehead atoms. The van der Waals surface area contributed by atoms with Gasteiger partial charge in [-0.05, 0) is 49.8 Å². The minimum absolute atomic E-state index is 0.140. The van der Waals surface area contributed by atoms with Crippen LogP contribution >= 0.6 is 11.6 Å². The molecule has 0 amide bonds. The van der Waals surface area contributed by atoms with Gasteiger partial charge in [0, 0.05) is 31.2 Å². The molecular weight excluding hydrogens is 287 g/mol. The van der Waals surface area contributed by atoms with Gasteiger partial charge in [0.2, 0.25) is 0 Å². The molecule has 0 radical (unpaired) electrons. The molecule has 1 aliphatic carbocycles. The molecule has 0 aromatic heterocycles. The van der Waals surface area contributed by atoms with Gasteiger partial charge in [-0.1, -0.05) is 24.6 Å². The van der Waals surface area contributed by atoms with Gasteiger partial charge < -0.3 is 5.32 Å². The van der Waals surface area contributed by atoms with Gasteiger partial charge in [-0.3, -0.25) is 4.90 Å². The van der Waals surface area contributed by atoms with Crippen LogP contribution in [0, 0.1) is 11.7 Å². The Morgan fingerprint density at radius 2 is 2.19 bits per heavy atom. The van der Waals surface area contributed by atoms with Crippen LogP contribution in [-0.4, -0.2) is 29.6 Å². The zero-order valence-corrected chi connectivity index (χ0v) is 13.6. The molecule has 2 aliphatic rings. The summed E-state index contributed by atoms with van der Waals surface area (Å²) >= 11 is 5.78. The van der Waals surface area contributed by atoms with Gasteiger partial charge in [-0.2, -0.15) is 0 Å². The molecule has 2 atom stereocenters. The Balaban J connectivity index is 1.76. The molecule has 21 heavy (non-hydrogen) atoms. The Kier molecular flexibility index (Phi) is 4.26. The van der Waals surface area contributed by atoms with Crippen LogP contribution in [0.15, 0.2) is 18.2 Å². The lowest BCUT2D eigenvalue weighted by Gasteiger charge is -2.48. The van der Waals surface area contributed by atoms with Crippen molar-refractivity contribution in [2.24, 2.45) is 5.92 Å². The Hall–Kier alpha value is -0.640. The highest BCUT2D eigenvalue weighted by atomic mass is 35.5. The van der Waals surface area contributed by atoms with Gasteiger partial charge in [-0.25, -0.2) is 4.39 Å². The third-order valence-corrected chi connectivity index (χ3v) is 5.54. The fraction of sp³-hybridized carbons (Fsp3) is 0.647. The van der Waals surface area contributed by atoms with E-state index in [2.05, 4.69) is 24.1 Å². The summed E-state index contributed by atoms with van der Waals surface area (Å²) in [6.45, 7) is 7.40. The number of nitrogens with zero attached hydrogens (tertiary/aromatic N) is 1. The maximum Gasteiger partial charge on any atom is 0.142 e. The number of hydrogen-bond donors (Lipinski definition) is 1. The number of benzene rings is 1. The lowest BCUT2D eigenvalue weighted by atomic mass is 9.90. The van der Waals surface area contributed by atoms with Crippen LogP contribution in [0.1, 0.15) is 38.7 Å². The highest BCUT2D eigenvalue weighted by Gasteiger charge is 2.41. The van der Waals surface area contributed by atoms with E-state index in [4.69, 9.17) is 11.6 Å². The van der Waals surface area contributed by atoms with Crippen LogP contribution in [0.25, 0.3) is 0 Å². The normalized spacial score (nSPS) is 30.6. The number of piperazine rings is 1. The van der Waals surface area contributed by atoms with Crippen molar-refractivity contribution in [2.75, 3.05) is 13.1 Å². The van der Waals surface area contributed by atoms with E-state index >= 15 is 0 Å². The van der Waals surface area contributed by atoms with Crippen molar-refractivity contribution in [1.29, 1.82) is 0 Å². The van der Waals surface area contributed by atoms with Crippen LogP contribution < -0.4 is 5.32 Å². The molecule has 1 aliphatic heterocycles. The van der Waals surface area contributed by atoms with Crippen molar-refractivity contribution in [3.63, 3.8) is 0 Å². The predicted octanol–water partition coefficient (Wildman–Crippen LogP) is 3.83. The second-order valence-corrected chi connectivity index (χ2v) is 7.21. The summed E-state index contributed by atoms with van der Waals surface area (Å²) in [5, 5.41) is 3.92. The summed E-state index contributed by atoms with van der Waals surface area (Å²) in [6, 6.07) is 5.78. The van der Waals surface area contributed by atoms with Crippen LogP contribution in [0.2, 0.25) is 5.02 Å². The van der Waals surface area contributed by atoms with Gasteiger partial charge in [0.05, 0.1) is 5.02 Å². The molecule has 1 aromatic carbocycles. The minimum atomic E-state index is -0.318. The van der Waals surface area contributed by atoms with E-state index in [9.17, 15) is 4.39 Å². The second-order valence-electron chi connectivity index (χ2n) is 6.80.